The number of rotatable bonds is 3. The van der Waals surface area contributed by atoms with Gasteiger partial charge in [0.15, 0.2) is 0 Å². The van der Waals surface area contributed by atoms with Gasteiger partial charge in [0, 0.05) is 19.1 Å². The number of aryl methyl sites for hydroxylation is 1. The molecule has 0 aliphatic carbocycles. The number of aromatic nitrogens is 2. The third-order valence-electron chi connectivity index (χ3n) is 3.93. The number of anilines is 1. The van der Waals surface area contributed by atoms with Crippen LogP contribution in [0.2, 0.25) is 5.02 Å². The van der Waals surface area contributed by atoms with Crippen LogP contribution in [0, 0.1) is 5.82 Å². The van der Waals surface area contributed by atoms with E-state index in [1.165, 1.54) is 11.0 Å². The molecular formula is C17H16ClFN4O. The molecule has 0 fully saturated rings. The maximum Gasteiger partial charge on any atom is 0.256 e. The lowest BCUT2D eigenvalue weighted by atomic mass is 10.1. The van der Waals surface area contributed by atoms with Gasteiger partial charge in [-0.05, 0) is 24.3 Å². The summed E-state index contributed by atoms with van der Waals surface area (Å²) in [6.07, 6.45) is 0. The van der Waals surface area contributed by atoms with E-state index in [2.05, 4.69) is 4.98 Å². The fraction of sp³-hybridized carbons (Fsp3) is 0.176. The van der Waals surface area contributed by atoms with E-state index in [4.69, 9.17) is 17.3 Å². The van der Waals surface area contributed by atoms with Gasteiger partial charge in [-0.15, -0.1) is 0 Å². The predicted octanol–water partition coefficient (Wildman–Crippen LogP) is 3.22. The normalized spacial score (nSPS) is 11.0. The molecule has 0 aliphatic rings. The quantitative estimate of drug-likeness (QED) is 0.740. The molecule has 0 aliphatic heterocycles. The Morgan fingerprint density at radius 2 is 2.08 bits per heavy atom. The molecule has 3 rings (SSSR count). The maximum absolute atomic E-state index is 13.7. The highest BCUT2D eigenvalue weighted by atomic mass is 35.5. The minimum atomic E-state index is -0.706. The lowest BCUT2D eigenvalue weighted by molar-refractivity contribution is 0.0781. The second-order valence-electron chi connectivity index (χ2n) is 5.59. The molecule has 5 nitrogen and oxygen atoms in total. The molecule has 1 heterocycles. The number of nitrogens with zero attached hydrogens (tertiary/aromatic N) is 3. The first-order chi connectivity index (χ1) is 11.4. The van der Waals surface area contributed by atoms with E-state index >= 15 is 0 Å². The summed E-state index contributed by atoms with van der Waals surface area (Å²) in [5.74, 6) is -0.406. The maximum atomic E-state index is 13.7. The Kier molecular flexibility index (Phi) is 4.15. The van der Waals surface area contributed by atoms with Crippen molar-refractivity contribution in [1.29, 1.82) is 0 Å². The summed E-state index contributed by atoms with van der Waals surface area (Å²) in [6.45, 7) is 0.261. The number of fused-ring (bicyclic) bond motifs is 1. The van der Waals surface area contributed by atoms with Crippen LogP contribution in [0.15, 0.2) is 36.4 Å². The first-order valence-corrected chi connectivity index (χ1v) is 7.66. The standard InChI is InChI=1S/C17H16ClFN4O/c1-22(17(24)11-7-10(18)8-12(19)16(11)20)9-15-21-13-5-3-4-6-14(13)23(15)2/h3-8H,9,20H2,1-2H3. The molecule has 0 saturated heterocycles. The smallest absolute Gasteiger partial charge is 0.256 e. The van der Waals surface area contributed by atoms with Gasteiger partial charge in [0.1, 0.15) is 11.6 Å². The molecule has 1 aromatic heterocycles. The molecule has 3 aromatic rings. The molecule has 0 bridgehead atoms. The van der Waals surface area contributed by atoms with Crippen molar-refractivity contribution in [2.45, 2.75) is 6.54 Å². The highest BCUT2D eigenvalue weighted by molar-refractivity contribution is 6.31. The zero-order chi connectivity index (χ0) is 17.4. The van der Waals surface area contributed by atoms with E-state index in [-0.39, 0.29) is 22.8 Å². The predicted molar refractivity (Wildman–Crippen MR) is 92.3 cm³/mol. The number of imidazole rings is 1. The fourth-order valence-corrected chi connectivity index (χ4v) is 2.79. The molecule has 24 heavy (non-hydrogen) atoms. The van der Waals surface area contributed by atoms with Crippen molar-refractivity contribution < 1.29 is 9.18 Å². The number of amides is 1. The van der Waals surface area contributed by atoms with Crippen LogP contribution in [0.1, 0.15) is 16.2 Å². The summed E-state index contributed by atoms with van der Waals surface area (Å²) in [5.41, 5.74) is 7.33. The number of para-hydroxylation sites is 2. The molecular weight excluding hydrogens is 331 g/mol. The van der Waals surface area contributed by atoms with Crippen LogP contribution in [0.3, 0.4) is 0 Å². The van der Waals surface area contributed by atoms with Gasteiger partial charge < -0.3 is 15.2 Å². The van der Waals surface area contributed by atoms with Gasteiger partial charge in [0.05, 0.1) is 28.8 Å². The molecule has 7 heteroatoms. The number of hydrogen-bond donors (Lipinski definition) is 1. The number of nitrogens with two attached hydrogens (primary N) is 1. The van der Waals surface area contributed by atoms with Crippen molar-refractivity contribution in [1.82, 2.24) is 14.5 Å². The lowest BCUT2D eigenvalue weighted by Gasteiger charge is -2.18. The van der Waals surface area contributed by atoms with Crippen molar-refractivity contribution in [3.63, 3.8) is 0 Å². The zero-order valence-corrected chi connectivity index (χ0v) is 14.0. The Hall–Kier alpha value is -2.60. The summed E-state index contributed by atoms with van der Waals surface area (Å²) in [7, 11) is 3.50. The van der Waals surface area contributed by atoms with E-state index < -0.39 is 11.7 Å². The fourth-order valence-electron chi connectivity index (χ4n) is 2.59. The van der Waals surface area contributed by atoms with Gasteiger partial charge in [0.25, 0.3) is 5.91 Å². The molecule has 0 saturated carbocycles. The van der Waals surface area contributed by atoms with E-state index in [1.54, 1.807) is 7.05 Å². The molecule has 124 valence electrons. The molecule has 2 aromatic carbocycles. The number of hydrogen-bond acceptors (Lipinski definition) is 3. The number of carbonyl (C=O) groups excluding carboxylic acids is 1. The first kappa shape index (κ1) is 16.3. The molecule has 2 N–H and O–H groups in total. The Labute approximate surface area is 143 Å². The van der Waals surface area contributed by atoms with Gasteiger partial charge in [-0.3, -0.25) is 4.79 Å². The summed E-state index contributed by atoms with van der Waals surface area (Å²) >= 11 is 5.83. The van der Waals surface area contributed by atoms with E-state index in [0.717, 1.165) is 17.1 Å². The van der Waals surface area contributed by atoms with Crippen LogP contribution in [-0.2, 0) is 13.6 Å². The molecule has 0 radical (unpaired) electrons. The number of halogens is 2. The van der Waals surface area contributed by atoms with Crippen molar-refractivity contribution in [2.24, 2.45) is 7.05 Å². The number of carbonyl (C=O) groups is 1. The summed E-state index contributed by atoms with van der Waals surface area (Å²) < 4.78 is 15.6. The Balaban J connectivity index is 1.90. The zero-order valence-electron chi connectivity index (χ0n) is 13.3. The molecule has 0 atom stereocenters. The van der Waals surface area contributed by atoms with Gasteiger partial charge >= 0.3 is 0 Å². The van der Waals surface area contributed by atoms with Gasteiger partial charge in [-0.25, -0.2) is 9.37 Å². The molecule has 1 amide bonds. The molecule has 0 spiro atoms. The summed E-state index contributed by atoms with van der Waals surface area (Å²) in [6, 6.07) is 10.2. The average molecular weight is 347 g/mol. The van der Waals surface area contributed by atoms with Crippen molar-refractivity contribution in [3.8, 4) is 0 Å². The minimum Gasteiger partial charge on any atom is -0.396 e. The van der Waals surface area contributed by atoms with Gasteiger partial charge in [-0.1, -0.05) is 23.7 Å². The number of nitrogen functional groups attached to an aromatic ring is 1. The summed E-state index contributed by atoms with van der Waals surface area (Å²) in [4.78, 5) is 18.5. The second-order valence-corrected chi connectivity index (χ2v) is 6.02. The van der Waals surface area contributed by atoms with Crippen LogP contribution in [-0.4, -0.2) is 27.4 Å². The topological polar surface area (TPSA) is 64.2 Å². The van der Waals surface area contributed by atoms with Crippen molar-refractivity contribution in [3.05, 3.63) is 58.6 Å². The highest BCUT2D eigenvalue weighted by Gasteiger charge is 2.20. The van der Waals surface area contributed by atoms with E-state index in [9.17, 15) is 9.18 Å². The molecule has 0 unspecified atom stereocenters. The second kappa shape index (κ2) is 6.13. The van der Waals surface area contributed by atoms with E-state index in [0.29, 0.717) is 5.82 Å². The summed E-state index contributed by atoms with van der Waals surface area (Å²) in [5, 5.41) is 0.126. The van der Waals surface area contributed by atoms with Gasteiger partial charge in [-0.2, -0.15) is 0 Å². The third-order valence-corrected chi connectivity index (χ3v) is 4.15. The van der Waals surface area contributed by atoms with E-state index in [1.807, 2.05) is 35.9 Å². The highest BCUT2D eigenvalue weighted by Crippen LogP contribution is 2.24. The first-order valence-electron chi connectivity index (χ1n) is 7.29. The Morgan fingerprint density at radius 3 is 2.79 bits per heavy atom. The van der Waals surface area contributed by atoms with Crippen LogP contribution < -0.4 is 5.73 Å². The van der Waals surface area contributed by atoms with Gasteiger partial charge in [0.2, 0.25) is 0 Å². The van der Waals surface area contributed by atoms with Crippen LogP contribution in [0.25, 0.3) is 11.0 Å². The lowest BCUT2D eigenvalue weighted by Crippen LogP contribution is -2.28. The Bertz CT molecular complexity index is 938. The van der Waals surface area contributed by atoms with Crippen LogP contribution in [0.5, 0.6) is 0 Å². The third kappa shape index (κ3) is 2.80. The monoisotopic (exact) mass is 346 g/mol. The SMILES string of the molecule is CN(Cc1nc2ccccc2n1C)C(=O)c1cc(Cl)cc(F)c1N. The Morgan fingerprint density at radius 1 is 1.38 bits per heavy atom. The van der Waals surface area contributed by atoms with Crippen molar-refractivity contribution >= 4 is 34.2 Å². The minimum absolute atomic E-state index is 0.0428. The largest absolute Gasteiger partial charge is 0.396 e. The van der Waals surface area contributed by atoms with Crippen LogP contribution in [0.4, 0.5) is 10.1 Å². The number of benzene rings is 2. The van der Waals surface area contributed by atoms with Crippen LogP contribution >= 0.6 is 11.6 Å². The van der Waals surface area contributed by atoms with Crippen molar-refractivity contribution in [2.75, 3.05) is 12.8 Å². The average Bonchev–Trinajstić information content (AvgIpc) is 2.86.